The van der Waals surface area contributed by atoms with Gasteiger partial charge in [-0.3, -0.25) is 0 Å². The van der Waals surface area contributed by atoms with Crippen LogP contribution in [0.25, 0.3) is 0 Å². The van der Waals surface area contributed by atoms with Gasteiger partial charge in [0.25, 0.3) is 0 Å². The molecule has 0 fully saturated rings. The molecule has 0 aliphatic rings. The van der Waals surface area contributed by atoms with Gasteiger partial charge in [0.05, 0.1) is 6.10 Å². The summed E-state index contributed by atoms with van der Waals surface area (Å²) >= 11 is 5.91. The predicted molar refractivity (Wildman–Crippen MR) is 73.3 cm³/mol. The lowest BCUT2D eigenvalue weighted by Gasteiger charge is -2.14. The Morgan fingerprint density at radius 1 is 1.11 bits per heavy atom. The van der Waals surface area contributed by atoms with E-state index in [0.717, 1.165) is 16.9 Å². The van der Waals surface area contributed by atoms with E-state index in [-0.39, 0.29) is 0 Å². The molecule has 2 rings (SSSR count). The van der Waals surface area contributed by atoms with Crippen LogP contribution in [0, 0.1) is 6.92 Å². The Hall–Kier alpha value is -1.51. The lowest BCUT2D eigenvalue weighted by atomic mass is 10.1. The summed E-state index contributed by atoms with van der Waals surface area (Å²) in [6.07, 6.45) is -0.561. The summed E-state index contributed by atoms with van der Waals surface area (Å²) < 4.78 is 5.84. The van der Waals surface area contributed by atoms with E-state index in [4.69, 9.17) is 16.3 Å². The molecule has 0 aliphatic carbocycles. The van der Waals surface area contributed by atoms with E-state index in [2.05, 4.69) is 0 Å². The van der Waals surface area contributed by atoms with Gasteiger partial charge in [0.2, 0.25) is 0 Å². The summed E-state index contributed by atoms with van der Waals surface area (Å²) in [7, 11) is 0. The molecule has 0 spiro atoms. The molecule has 3 heteroatoms. The fourth-order valence-corrected chi connectivity index (χ4v) is 1.99. The maximum absolute atomic E-state index is 9.69. The highest BCUT2D eigenvalue weighted by Gasteiger charge is 2.10. The summed E-state index contributed by atoms with van der Waals surface area (Å²) in [5, 5.41) is 10.4. The number of aryl methyl sites for hydroxylation is 1. The number of rotatable bonds is 3. The molecule has 2 nitrogen and oxygen atoms in total. The van der Waals surface area contributed by atoms with E-state index in [1.807, 2.05) is 43.3 Å². The second kappa shape index (κ2) is 5.42. The Kier molecular flexibility index (Phi) is 3.90. The molecule has 0 saturated carbocycles. The predicted octanol–water partition coefficient (Wildman–Crippen LogP) is 4.49. The van der Waals surface area contributed by atoms with E-state index < -0.39 is 6.10 Å². The molecule has 0 saturated heterocycles. The molecular weight excluding hydrogens is 248 g/mol. The second-order valence-electron chi connectivity index (χ2n) is 4.23. The minimum absolute atomic E-state index is 0.561. The highest BCUT2D eigenvalue weighted by Crippen LogP contribution is 2.31. The Labute approximate surface area is 112 Å². The number of aliphatic hydroxyl groups excluding tert-OH is 1. The monoisotopic (exact) mass is 262 g/mol. The molecule has 94 valence electrons. The highest BCUT2D eigenvalue weighted by molar-refractivity contribution is 6.30. The fraction of sp³-hybridized carbons (Fsp3) is 0.200. The van der Waals surface area contributed by atoms with Crippen molar-refractivity contribution in [1.82, 2.24) is 0 Å². The summed E-state index contributed by atoms with van der Waals surface area (Å²) in [4.78, 5) is 0. The first-order valence-electron chi connectivity index (χ1n) is 5.79. The van der Waals surface area contributed by atoms with Gasteiger partial charge >= 0.3 is 0 Å². The standard InChI is InChI=1S/C15H15ClO2/c1-10-9-12(16)7-8-14(10)18-15-6-4-3-5-13(15)11(2)17/h3-9,11,17H,1-2H3. The van der Waals surface area contributed by atoms with Gasteiger partial charge in [0, 0.05) is 10.6 Å². The third-order valence-corrected chi connectivity index (χ3v) is 2.96. The fourth-order valence-electron chi connectivity index (χ4n) is 1.76. The minimum Gasteiger partial charge on any atom is -0.457 e. The highest BCUT2D eigenvalue weighted by atomic mass is 35.5. The van der Waals surface area contributed by atoms with E-state index in [1.54, 1.807) is 13.0 Å². The number of ether oxygens (including phenoxy) is 1. The molecule has 0 amide bonds. The molecule has 0 aromatic heterocycles. The first-order valence-corrected chi connectivity index (χ1v) is 6.16. The van der Waals surface area contributed by atoms with Crippen LogP contribution in [0.15, 0.2) is 42.5 Å². The lowest BCUT2D eigenvalue weighted by molar-refractivity contribution is 0.195. The topological polar surface area (TPSA) is 29.5 Å². The van der Waals surface area contributed by atoms with Crippen LogP contribution in [0.2, 0.25) is 5.02 Å². The van der Waals surface area contributed by atoms with Crippen molar-refractivity contribution in [3.63, 3.8) is 0 Å². The van der Waals surface area contributed by atoms with Crippen molar-refractivity contribution in [2.24, 2.45) is 0 Å². The third-order valence-electron chi connectivity index (χ3n) is 2.73. The van der Waals surface area contributed by atoms with Crippen molar-refractivity contribution in [3.8, 4) is 11.5 Å². The molecule has 0 radical (unpaired) electrons. The number of para-hydroxylation sites is 1. The van der Waals surface area contributed by atoms with Crippen LogP contribution in [0.1, 0.15) is 24.2 Å². The smallest absolute Gasteiger partial charge is 0.133 e. The molecule has 1 atom stereocenters. The Morgan fingerprint density at radius 2 is 1.83 bits per heavy atom. The van der Waals surface area contributed by atoms with Gasteiger partial charge in [-0.2, -0.15) is 0 Å². The van der Waals surface area contributed by atoms with Crippen molar-refractivity contribution in [2.45, 2.75) is 20.0 Å². The normalized spacial score (nSPS) is 12.2. The summed E-state index contributed by atoms with van der Waals surface area (Å²) in [5.74, 6) is 1.41. The molecule has 1 unspecified atom stereocenters. The Balaban J connectivity index is 2.34. The van der Waals surface area contributed by atoms with Gasteiger partial charge in [-0.1, -0.05) is 29.8 Å². The van der Waals surface area contributed by atoms with E-state index in [9.17, 15) is 5.11 Å². The van der Waals surface area contributed by atoms with Crippen LogP contribution in [-0.2, 0) is 0 Å². The summed E-state index contributed by atoms with van der Waals surface area (Å²) in [6.45, 7) is 3.66. The average Bonchev–Trinajstić information content (AvgIpc) is 2.33. The lowest BCUT2D eigenvalue weighted by Crippen LogP contribution is -1.96. The molecule has 18 heavy (non-hydrogen) atoms. The maximum atomic E-state index is 9.69. The Morgan fingerprint density at radius 3 is 2.50 bits per heavy atom. The van der Waals surface area contributed by atoms with Gasteiger partial charge < -0.3 is 9.84 Å². The maximum Gasteiger partial charge on any atom is 0.133 e. The zero-order valence-electron chi connectivity index (χ0n) is 10.4. The molecule has 0 aliphatic heterocycles. The van der Waals surface area contributed by atoms with Gasteiger partial charge in [-0.05, 0) is 43.7 Å². The second-order valence-corrected chi connectivity index (χ2v) is 4.66. The van der Waals surface area contributed by atoms with Gasteiger partial charge in [-0.15, -0.1) is 0 Å². The third kappa shape index (κ3) is 2.84. The van der Waals surface area contributed by atoms with E-state index >= 15 is 0 Å². The van der Waals surface area contributed by atoms with Gasteiger partial charge in [0.1, 0.15) is 11.5 Å². The molecule has 1 N–H and O–H groups in total. The van der Waals surface area contributed by atoms with Crippen molar-refractivity contribution < 1.29 is 9.84 Å². The van der Waals surface area contributed by atoms with Crippen LogP contribution in [0.4, 0.5) is 0 Å². The molecule has 0 bridgehead atoms. The summed E-state index contributed by atoms with van der Waals surface area (Å²) in [5.41, 5.74) is 1.73. The van der Waals surface area contributed by atoms with Gasteiger partial charge in [-0.25, -0.2) is 0 Å². The largest absolute Gasteiger partial charge is 0.457 e. The van der Waals surface area contributed by atoms with E-state index in [1.165, 1.54) is 0 Å². The first kappa shape index (κ1) is 12.9. The van der Waals surface area contributed by atoms with Crippen molar-refractivity contribution >= 4 is 11.6 Å². The molecular formula is C15H15ClO2. The first-order chi connectivity index (χ1) is 8.58. The zero-order chi connectivity index (χ0) is 13.1. The van der Waals surface area contributed by atoms with Crippen LogP contribution in [0.5, 0.6) is 11.5 Å². The SMILES string of the molecule is Cc1cc(Cl)ccc1Oc1ccccc1C(C)O. The summed E-state index contributed by atoms with van der Waals surface area (Å²) in [6, 6.07) is 12.9. The number of hydrogen-bond donors (Lipinski definition) is 1. The van der Waals surface area contributed by atoms with Crippen LogP contribution < -0.4 is 4.74 Å². The van der Waals surface area contributed by atoms with Crippen molar-refractivity contribution in [3.05, 3.63) is 58.6 Å². The zero-order valence-corrected chi connectivity index (χ0v) is 11.1. The van der Waals surface area contributed by atoms with Crippen molar-refractivity contribution in [2.75, 3.05) is 0 Å². The quantitative estimate of drug-likeness (QED) is 0.883. The van der Waals surface area contributed by atoms with Crippen LogP contribution >= 0.6 is 11.6 Å². The van der Waals surface area contributed by atoms with E-state index in [0.29, 0.717) is 10.8 Å². The van der Waals surface area contributed by atoms with Crippen LogP contribution in [-0.4, -0.2) is 5.11 Å². The van der Waals surface area contributed by atoms with Crippen LogP contribution in [0.3, 0.4) is 0 Å². The average molecular weight is 263 g/mol. The molecule has 0 heterocycles. The number of aliphatic hydroxyl groups is 1. The minimum atomic E-state index is -0.561. The molecule has 2 aromatic rings. The number of benzene rings is 2. The number of halogens is 1. The molecule has 2 aromatic carbocycles. The number of hydrogen-bond acceptors (Lipinski definition) is 2. The van der Waals surface area contributed by atoms with Gasteiger partial charge in [0.15, 0.2) is 0 Å². The van der Waals surface area contributed by atoms with Crippen molar-refractivity contribution in [1.29, 1.82) is 0 Å². The Bertz CT molecular complexity index is 550.